The molecule has 0 saturated carbocycles. The lowest BCUT2D eigenvalue weighted by atomic mass is 10.0. The van der Waals surface area contributed by atoms with E-state index in [1.54, 1.807) is 78.6 Å². The first kappa shape index (κ1) is 54.4. The zero-order valence-corrected chi connectivity index (χ0v) is 42.0. The SMILES string of the molecule is Cc1nccn1-c1ccc([C@H](C)NC(=O)CC[C@@H](O)CNC(=O)[C@@H](C(C)C)n2cc(OCCCOCCCCCOc3ccc(N4C(=S)N(c5ccc(C#N)c(C(F)(F)F)c5)C(=O)C4(C)C)cc3)cn2)nc1. The first-order valence-corrected chi connectivity index (χ1v) is 24.2. The molecule has 3 N–H and O–H groups in total. The molecule has 1 aliphatic heterocycles. The van der Waals surface area contributed by atoms with Crippen molar-refractivity contribution < 1.29 is 46.9 Å². The molecule has 1 fully saturated rings. The molecule has 6 rings (SSSR count). The van der Waals surface area contributed by atoms with E-state index in [2.05, 4.69) is 25.7 Å². The molecule has 0 bridgehead atoms. The molecule has 1 saturated heterocycles. The fraction of sp³-hybridized carbons (Fsp3) is 0.451. The number of aliphatic hydroxyl groups excluding tert-OH is 1. The lowest BCUT2D eigenvalue weighted by Gasteiger charge is -2.29. The van der Waals surface area contributed by atoms with Gasteiger partial charge in [0.2, 0.25) is 11.8 Å². The molecule has 3 amide bonds. The van der Waals surface area contributed by atoms with Crippen LogP contribution in [0, 0.1) is 24.2 Å². The Kier molecular flexibility index (Phi) is 18.5. The summed E-state index contributed by atoms with van der Waals surface area (Å²) in [5.41, 5.74) is -0.853. The van der Waals surface area contributed by atoms with Crippen molar-refractivity contribution in [2.45, 2.75) is 110 Å². The van der Waals surface area contributed by atoms with E-state index in [9.17, 15) is 37.9 Å². The second-order valence-corrected chi connectivity index (χ2v) is 18.6. The van der Waals surface area contributed by atoms with Crippen LogP contribution in [0.1, 0.15) is 108 Å². The number of alkyl halides is 3. The van der Waals surface area contributed by atoms with Crippen LogP contribution in [0.15, 0.2) is 85.6 Å². The van der Waals surface area contributed by atoms with Crippen molar-refractivity contribution in [2.75, 3.05) is 42.8 Å². The molecule has 72 heavy (non-hydrogen) atoms. The number of halogens is 3. The Bertz CT molecular complexity index is 2690. The number of aromatic nitrogens is 5. The number of amides is 3. The topological polar surface area (TPSA) is 202 Å². The molecule has 3 aromatic heterocycles. The summed E-state index contributed by atoms with van der Waals surface area (Å²) in [6, 6.07) is 14.4. The highest BCUT2D eigenvalue weighted by Crippen LogP contribution is 2.40. The third kappa shape index (κ3) is 13.7. The van der Waals surface area contributed by atoms with E-state index in [0.717, 1.165) is 47.8 Å². The van der Waals surface area contributed by atoms with Crippen molar-refractivity contribution in [1.82, 2.24) is 34.9 Å². The van der Waals surface area contributed by atoms with Gasteiger partial charge in [0.25, 0.3) is 5.91 Å². The van der Waals surface area contributed by atoms with E-state index >= 15 is 0 Å². The number of ether oxygens (including phenoxy) is 3. The summed E-state index contributed by atoms with van der Waals surface area (Å²) in [4.78, 5) is 50.8. The molecule has 2 aromatic carbocycles. The van der Waals surface area contributed by atoms with Crippen molar-refractivity contribution in [1.29, 1.82) is 5.26 Å². The number of carbonyl (C=O) groups is 3. The van der Waals surface area contributed by atoms with Crippen molar-refractivity contribution in [3.05, 3.63) is 108 Å². The van der Waals surface area contributed by atoms with Gasteiger partial charge in [-0.05, 0) is 126 Å². The van der Waals surface area contributed by atoms with Crippen molar-refractivity contribution in [3.63, 3.8) is 0 Å². The Hall–Kier alpha value is -6.89. The Morgan fingerprint density at radius 3 is 2.25 bits per heavy atom. The minimum atomic E-state index is -4.79. The summed E-state index contributed by atoms with van der Waals surface area (Å²) in [5.74, 6) is 0.777. The van der Waals surface area contributed by atoms with Crippen molar-refractivity contribution in [2.24, 2.45) is 5.92 Å². The van der Waals surface area contributed by atoms with Crippen LogP contribution in [0.2, 0.25) is 0 Å². The summed E-state index contributed by atoms with van der Waals surface area (Å²) in [7, 11) is 0. The Labute approximate surface area is 422 Å². The lowest BCUT2D eigenvalue weighted by Crippen LogP contribution is -2.44. The molecule has 0 radical (unpaired) electrons. The number of carbonyl (C=O) groups excluding carboxylic acids is 3. The van der Waals surface area contributed by atoms with Crippen LogP contribution in [0.5, 0.6) is 11.5 Å². The molecule has 1 aliphatic rings. The van der Waals surface area contributed by atoms with Gasteiger partial charge in [-0.25, -0.2) is 4.98 Å². The maximum Gasteiger partial charge on any atom is 0.417 e. The molecule has 5 aromatic rings. The first-order chi connectivity index (χ1) is 34.3. The van der Waals surface area contributed by atoms with Gasteiger partial charge in [-0.2, -0.15) is 23.5 Å². The Balaban J connectivity index is 0.823. The Morgan fingerprint density at radius 2 is 1.58 bits per heavy atom. The highest BCUT2D eigenvalue weighted by molar-refractivity contribution is 7.81. The van der Waals surface area contributed by atoms with Crippen molar-refractivity contribution in [3.8, 4) is 23.3 Å². The minimum absolute atomic E-state index is 0.00943. The zero-order chi connectivity index (χ0) is 52.2. The van der Waals surface area contributed by atoms with E-state index in [0.29, 0.717) is 55.7 Å². The van der Waals surface area contributed by atoms with E-state index in [-0.39, 0.29) is 54.0 Å². The summed E-state index contributed by atoms with van der Waals surface area (Å²) in [5, 5.41) is 29.9. The number of anilines is 2. The number of nitrogens with zero attached hydrogens (tertiary/aromatic N) is 8. The fourth-order valence-electron chi connectivity index (χ4n) is 8.11. The minimum Gasteiger partial charge on any atom is -0.494 e. The van der Waals surface area contributed by atoms with Gasteiger partial charge in [0.1, 0.15) is 23.2 Å². The average molecular weight is 1020 g/mol. The predicted octanol–water partition coefficient (Wildman–Crippen LogP) is 7.95. The average Bonchev–Trinajstić information content (AvgIpc) is 4.04. The molecular formula is C51H61F3N10O7S. The number of nitriles is 1. The normalized spacial score (nSPS) is 14.8. The van der Waals surface area contributed by atoms with Crippen LogP contribution in [-0.4, -0.2) is 96.9 Å². The van der Waals surface area contributed by atoms with Crippen LogP contribution < -0.4 is 29.9 Å². The molecule has 3 atom stereocenters. The number of hydrogen-bond donors (Lipinski definition) is 3. The number of hydrogen-bond acceptors (Lipinski definition) is 12. The van der Waals surface area contributed by atoms with Gasteiger partial charge in [-0.15, -0.1) is 0 Å². The quantitative estimate of drug-likeness (QED) is 0.0376. The molecule has 0 aliphatic carbocycles. The molecule has 0 spiro atoms. The van der Waals surface area contributed by atoms with Crippen LogP contribution in [0.4, 0.5) is 24.5 Å². The van der Waals surface area contributed by atoms with Crippen molar-refractivity contribution >= 4 is 46.4 Å². The third-order valence-corrected chi connectivity index (χ3v) is 12.4. The monoisotopic (exact) mass is 1010 g/mol. The van der Waals surface area contributed by atoms with E-state index in [1.165, 1.54) is 6.07 Å². The number of benzene rings is 2. The highest BCUT2D eigenvalue weighted by atomic mass is 32.1. The molecule has 17 nitrogen and oxygen atoms in total. The van der Waals surface area contributed by atoms with Gasteiger partial charge < -0.3 is 39.4 Å². The van der Waals surface area contributed by atoms with Crippen LogP contribution in [0.3, 0.4) is 0 Å². The summed E-state index contributed by atoms with van der Waals surface area (Å²) < 4.78 is 62.1. The predicted molar refractivity (Wildman–Crippen MR) is 267 cm³/mol. The maximum absolute atomic E-state index is 13.7. The number of aryl methyl sites for hydroxylation is 1. The van der Waals surface area contributed by atoms with Crippen LogP contribution >= 0.6 is 12.2 Å². The van der Waals surface area contributed by atoms with Gasteiger partial charge in [0, 0.05) is 50.7 Å². The largest absolute Gasteiger partial charge is 0.494 e. The standard InChI is InChI=1S/C51H61F3N10O7S/c1-33(2)46(47(67)58-30-40(65)16-20-45(66)60-34(3)44-19-15-39(29-57-44)61-22-21-56-35(61)4)62-32-42(31-59-62)71-26-10-24-69-23-8-7-9-25-70-41-17-13-37(14-18-41)64-49(72)63(48(68)50(64,5)6)38-12-11-36(28-55)43(27-38)51(52,53)54/h11-15,17-19,21-22,27,29,31-34,40,46,65H,7-10,16,20,23-26,30H2,1-6H3,(H,58,67)(H,60,66)/t34-,40+,46+/m0/s1. The third-order valence-electron chi connectivity index (χ3n) is 12.0. The molecule has 21 heteroatoms. The second kappa shape index (κ2) is 24.5. The van der Waals surface area contributed by atoms with Gasteiger partial charge in [-0.1, -0.05) is 13.8 Å². The number of imidazole rings is 1. The second-order valence-electron chi connectivity index (χ2n) is 18.2. The van der Waals surface area contributed by atoms with Gasteiger partial charge in [0.15, 0.2) is 10.9 Å². The van der Waals surface area contributed by atoms with E-state index < -0.39 is 40.9 Å². The summed E-state index contributed by atoms with van der Waals surface area (Å²) >= 11 is 5.63. The van der Waals surface area contributed by atoms with E-state index in [4.69, 9.17) is 26.4 Å². The summed E-state index contributed by atoms with van der Waals surface area (Å²) in [6.07, 6.45) is 6.16. The molecule has 384 valence electrons. The number of nitrogens with one attached hydrogen (secondary N) is 2. The van der Waals surface area contributed by atoms with E-state index in [1.807, 2.05) is 50.6 Å². The number of thiocarbonyl (C=S) groups is 1. The number of unbranched alkanes of at least 4 members (excludes halogenated alkanes) is 2. The highest BCUT2D eigenvalue weighted by Gasteiger charge is 2.50. The molecular weight excluding hydrogens is 954 g/mol. The Morgan fingerprint density at radius 1 is 0.903 bits per heavy atom. The number of pyridine rings is 1. The lowest BCUT2D eigenvalue weighted by molar-refractivity contribution is -0.137. The number of rotatable bonds is 25. The van der Waals surface area contributed by atoms with Gasteiger partial charge in [0.05, 0.1) is 78.2 Å². The zero-order valence-electron chi connectivity index (χ0n) is 41.2. The molecule has 0 unspecified atom stereocenters. The first-order valence-electron chi connectivity index (χ1n) is 23.8. The van der Waals surface area contributed by atoms with Crippen LogP contribution in [-0.2, 0) is 25.3 Å². The fourth-order valence-corrected chi connectivity index (χ4v) is 8.63. The van der Waals surface area contributed by atoms with Gasteiger partial charge >= 0.3 is 6.18 Å². The summed E-state index contributed by atoms with van der Waals surface area (Å²) in [6.45, 7) is 12.7. The van der Waals surface area contributed by atoms with Crippen LogP contribution in [0.25, 0.3) is 5.69 Å². The molecule has 4 heterocycles. The maximum atomic E-state index is 13.7. The smallest absolute Gasteiger partial charge is 0.417 e. The van der Waals surface area contributed by atoms with Gasteiger partial charge in [-0.3, -0.25) is 28.9 Å². The number of aliphatic hydroxyl groups is 1.